The third-order valence-corrected chi connectivity index (χ3v) is 4.66. The van der Waals surface area contributed by atoms with Crippen molar-refractivity contribution in [1.82, 2.24) is 15.5 Å². The van der Waals surface area contributed by atoms with E-state index in [1.807, 2.05) is 24.3 Å². The summed E-state index contributed by atoms with van der Waals surface area (Å²) in [6, 6.07) is 7.76. The van der Waals surface area contributed by atoms with Gasteiger partial charge in [0, 0.05) is 38.0 Å². The molecule has 1 atom stereocenters. The molecule has 3 rings (SSSR count). The lowest BCUT2D eigenvalue weighted by molar-refractivity contribution is -0.125. The molecule has 1 fully saturated rings. The second kappa shape index (κ2) is 6.89. The van der Waals surface area contributed by atoms with Crippen LogP contribution in [0.3, 0.4) is 0 Å². The third kappa shape index (κ3) is 3.41. The quantitative estimate of drug-likeness (QED) is 0.872. The highest BCUT2D eigenvalue weighted by molar-refractivity contribution is 5.79. The fourth-order valence-corrected chi connectivity index (χ4v) is 3.28. The van der Waals surface area contributed by atoms with E-state index >= 15 is 0 Å². The van der Waals surface area contributed by atoms with Crippen LogP contribution in [0.4, 0.5) is 4.79 Å². The fraction of sp³-hybridized carbons (Fsp3) is 0.529. The number of amides is 3. The number of nitrogens with zero attached hydrogens (tertiary/aromatic N) is 1. The van der Waals surface area contributed by atoms with Gasteiger partial charge in [-0.2, -0.15) is 0 Å². The molecule has 0 aromatic heterocycles. The number of fused-ring (bicyclic) bond motifs is 1. The maximum absolute atomic E-state index is 12.5. The summed E-state index contributed by atoms with van der Waals surface area (Å²) < 4.78 is 5.62. The Bertz CT molecular complexity index is 582. The first-order valence-electron chi connectivity index (χ1n) is 8.18. The molecule has 124 valence electrons. The van der Waals surface area contributed by atoms with Crippen LogP contribution in [0.1, 0.15) is 30.9 Å². The van der Waals surface area contributed by atoms with Gasteiger partial charge in [-0.05, 0) is 18.9 Å². The standard InChI is InChI=1S/C17H23N3O3/c1-18-16(21)12-6-9-20(10-7-12)17(22)19-14-8-11-23-15-5-3-2-4-13(14)15/h2-5,12,14H,6-11H2,1H3,(H,18,21)(H,19,22)/t14-/m1/s1. The maximum Gasteiger partial charge on any atom is 0.317 e. The summed E-state index contributed by atoms with van der Waals surface area (Å²) in [4.78, 5) is 26.0. The van der Waals surface area contributed by atoms with Crippen LogP contribution in [0.15, 0.2) is 24.3 Å². The van der Waals surface area contributed by atoms with Crippen molar-refractivity contribution in [3.8, 4) is 5.75 Å². The molecule has 2 heterocycles. The van der Waals surface area contributed by atoms with Gasteiger partial charge in [0.2, 0.25) is 5.91 Å². The summed E-state index contributed by atoms with van der Waals surface area (Å²) >= 11 is 0. The second-order valence-electron chi connectivity index (χ2n) is 6.05. The average molecular weight is 317 g/mol. The van der Waals surface area contributed by atoms with Gasteiger partial charge in [0.1, 0.15) is 5.75 Å². The Morgan fingerprint density at radius 3 is 2.65 bits per heavy atom. The zero-order chi connectivity index (χ0) is 16.2. The molecule has 0 spiro atoms. The monoisotopic (exact) mass is 317 g/mol. The Balaban J connectivity index is 1.58. The second-order valence-corrected chi connectivity index (χ2v) is 6.05. The molecule has 2 aliphatic heterocycles. The van der Waals surface area contributed by atoms with E-state index in [4.69, 9.17) is 4.74 Å². The van der Waals surface area contributed by atoms with E-state index in [9.17, 15) is 9.59 Å². The Morgan fingerprint density at radius 2 is 1.91 bits per heavy atom. The molecule has 2 N–H and O–H groups in total. The minimum absolute atomic E-state index is 0.0101. The van der Waals surface area contributed by atoms with Gasteiger partial charge < -0.3 is 20.3 Å². The summed E-state index contributed by atoms with van der Waals surface area (Å²) in [7, 11) is 1.66. The molecule has 2 aliphatic rings. The minimum atomic E-state index is -0.0536. The van der Waals surface area contributed by atoms with Gasteiger partial charge in [0.15, 0.2) is 0 Å². The SMILES string of the molecule is CNC(=O)C1CCN(C(=O)N[C@@H]2CCOc3ccccc32)CC1. The number of hydrogen-bond acceptors (Lipinski definition) is 3. The Hall–Kier alpha value is -2.24. The molecule has 0 radical (unpaired) electrons. The van der Waals surface area contributed by atoms with Crippen molar-refractivity contribution >= 4 is 11.9 Å². The molecule has 6 nitrogen and oxygen atoms in total. The molecule has 1 aromatic carbocycles. The smallest absolute Gasteiger partial charge is 0.317 e. The van der Waals surface area contributed by atoms with Gasteiger partial charge in [0.25, 0.3) is 0 Å². The molecule has 0 unspecified atom stereocenters. The summed E-state index contributed by atoms with van der Waals surface area (Å²) in [5, 5.41) is 5.79. The number of carbonyl (C=O) groups is 2. The van der Waals surface area contributed by atoms with Gasteiger partial charge in [-0.3, -0.25) is 4.79 Å². The third-order valence-electron chi connectivity index (χ3n) is 4.66. The van der Waals surface area contributed by atoms with Crippen LogP contribution in [0.2, 0.25) is 0 Å². The Morgan fingerprint density at radius 1 is 1.17 bits per heavy atom. The number of likely N-dealkylation sites (tertiary alicyclic amines) is 1. The molecular weight excluding hydrogens is 294 g/mol. The lowest BCUT2D eigenvalue weighted by Crippen LogP contribution is -2.47. The normalized spacial score (nSPS) is 21.1. The number of para-hydroxylation sites is 1. The zero-order valence-electron chi connectivity index (χ0n) is 13.4. The maximum atomic E-state index is 12.5. The highest BCUT2D eigenvalue weighted by Gasteiger charge is 2.29. The van der Waals surface area contributed by atoms with Crippen LogP contribution in [-0.4, -0.2) is 43.6 Å². The van der Waals surface area contributed by atoms with Crippen molar-refractivity contribution in [3.63, 3.8) is 0 Å². The lowest BCUT2D eigenvalue weighted by Gasteiger charge is -2.33. The fourth-order valence-electron chi connectivity index (χ4n) is 3.28. The number of hydrogen-bond donors (Lipinski definition) is 2. The van der Waals surface area contributed by atoms with E-state index < -0.39 is 0 Å². The van der Waals surface area contributed by atoms with Crippen LogP contribution in [0, 0.1) is 5.92 Å². The van der Waals surface area contributed by atoms with Crippen molar-refractivity contribution in [2.75, 3.05) is 26.7 Å². The van der Waals surface area contributed by atoms with E-state index in [0.29, 0.717) is 19.7 Å². The van der Waals surface area contributed by atoms with Crippen LogP contribution in [0.25, 0.3) is 0 Å². The molecule has 3 amide bonds. The number of benzene rings is 1. The molecule has 0 bridgehead atoms. The summed E-state index contributed by atoms with van der Waals surface area (Å²) in [6.45, 7) is 1.85. The number of ether oxygens (including phenoxy) is 1. The van der Waals surface area contributed by atoms with Gasteiger partial charge >= 0.3 is 6.03 Å². The van der Waals surface area contributed by atoms with E-state index in [1.54, 1.807) is 11.9 Å². The zero-order valence-corrected chi connectivity index (χ0v) is 13.4. The van der Waals surface area contributed by atoms with Gasteiger partial charge in [0.05, 0.1) is 12.6 Å². The first-order valence-corrected chi connectivity index (χ1v) is 8.18. The van der Waals surface area contributed by atoms with Crippen LogP contribution < -0.4 is 15.4 Å². The topological polar surface area (TPSA) is 70.7 Å². The molecule has 23 heavy (non-hydrogen) atoms. The number of piperidine rings is 1. The summed E-state index contributed by atoms with van der Waals surface area (Å²) in [5.74, 6) is 0.943. The van der Waals surface area contributed by atoms with E-state index in [1.165, 1.54) is 0 Å². The first-order chi connectivity index (χ1) is 11.2. The molecule has 1 saturated heterocycles. The number of carbonyl (C=O) groups excluding carboxylic acids is 2. The predicted molar refractivity (Wildman–Crippen MR) is 86.2 cm³/mol. The lowest BCUT2D eigenvalue weighted by atomic mass is 9.96. The van der Waals surface area contributed by atoms with Crippen LogP contribution in [-0.2, 0) is 4.79 Å². The molecule has 0 saturated carbocycles. The highest BCUT2D eigenvalue weighted by Crippen LogP contribution is 2.31. The predicted octanol–water partition coefficient (Wildman–Crippen LogP) is 1.68. The van der Waals surface area contributed by atoms with Crippen molar-refractivity contribution < 1.29 is 14.3 Å². The van der Waals surface area contributed by atoms with Gasteiger partial charge in [-0.25, -0.2) is 4.79 Å². The van der Waals surface area contributed by atoms with Crippen LogP contribution >= 0.6 is 0 Å². The largest absolute Gasteiger partial charge is 0.493 e. The van der Waals surface area contributed by atoms with Gasteiger partial charge in [-0.15, -0.1) is 0 Å². The van der Waals surface area contributed by atoms with Crippen LogP contribution in [0.5, 0.6) is 5.75 Å². The van der Waals surface area contributed by atoms with Crippen molar-refractivity contribution in [1.29, 1.82) is 0 Å². The number of urea groups is 1. The van der Waals surface area contributed by atoms with E-state index in [2.05, 4.69) is 10.6 Å². The molecule has 0 aliphatic carbocycles. The molecule has 1 aromatic rings. The number of nitrogens with one attached hydrogen (secondary N) is 2. The molecule has 6 heteroatoms. The van der Waals surface area contributed by atoms with E-state index in [0.717, 1.165) is 30.6 Å². The van der Waals surface area contributed by atoms with Crippen molar-refractivity contribution in [3.05, 3.63) is 29.8 Å². The van der Waals surface area contributed by atoms with Crippen molar-refractivity contribution in [2.45, 2.75) is 25.3 Å². The number of rotatable bonds is 2. The summed E-state index contributed by atoms with van der Waals surface area (Å²) in [5.41, 5.74) is 1.03. The van der Waals surface area contributed by atoms with Gasteiger partial charge in [-0.1, -0.05) is 18.2 Å². The minimum Gasteiger partial charge on any atom is -0.493 e. The average Bonchev–Trinajstić information content (AvgIpc) is 2.61. The molecular formula is C17H23N3O3. The summed E-state index contributed by atoms with van der Waals surface area (Å²) in [6.07, 6.45) is 2.21. The Kier molecular flexibility index (Phi) is 4.69. The Labute approximate surface area is 136 Å². The van der Waals surface area contributed by atoms with Crippen molar-refractivity contribution in [2.24, 2.45) is 5.92 Å². The first kappa shape index (κ1) is 15.6. The highest BCUT2D eigenvalue weighted by atomic mass is 16.5. The van der Waals surface area contributed by atoms with E-state index in [-0.39, 0.29) is 23.9 Å².